The second-order valence-corrected chi connectivity index (χ2v) is 5.09. The highest BCUT2D eigenvalue weighted by Gasteiger charge is 2.20. The minimum atomic E-state index is 0.230. The molecule has 1 aliphatic heterocycles. The summed E-state index contributed by atoms with van der Waals surface area (Å²) < 4.78 is 0. The van der Waals surface area contributed by atoms with Gasteiger partial charge < -0.3 is 10.6 Å². The summed E-state index contributed by atoms with van der Waals surface area (Å²) in [7, 11) is 1.87. The zero-order valence-corrected chi connectivity index (χ0v) is 11.3. The Morgan fingerprint density at radius 2 is 2.06 bits per heavy atom. The van der Waals surface area contributed by atoms with Crippen LogP contribution in [0.25, 0.3) is 0 Å². The van der Waals surface area contributed by atoms with Gasteiger partial charge in [0.2, 0.25) is 5.91 Å². The fraction of sp³-hybridized carbons (Fsp3) is 0.923. The fourth-order valence-corrected chi connectivity index (χ4v) is 2.32. The van der Waals surface area contributed by atoms with Gasteiger partial charge in [-0.15, -0.1) is 0 Å². The molecule has 100 valence electrons. The van der Waals surface area contributed by atoms with Crippen LogP contribution in [0.5, 0.6) is 0 Å². The third kappa shape index (κ3) is 5.04. The van der Waals surface area contributed by atoms with E-state index in [1.165, 1.54) is 19.3 Å². The molecule has 4 heteroatoms. The van der Waals surface area contributed by atoms with Crippen molar-refractivity contribution in [3.05, 3.63) is 0 Å². The predicted octanol–water partition coefficient (Wildman–Crippen LogP) is 0.916. The van der Waals surface area contributed by atoms with Gasteiger partial charge in [0.05, 0.1) is 6.54 Å². The summed E-state index contributed by atoms with van der Waals surface area (Å²) >= 11 is 0. The molecule has 17 heavy (non-hydrogen) atoms. The first kappa shape index (κ1) is 14.5. The Morgan fingerprint density at radius 1 is 1.41 bits per heavy atom. The molecule has 1 rings (SSSR count). The summed E-state index contributed by atoms with van der Waals surface area (Å²) in [5.74, 6) is 1.10. The molecule has 1 aliphatic rings. The number of hydrogen-bond acceptors (Lipinski definition) is 3. The largest absolute Gasteiger partial charge is 0.345 e. The Bertz CT molecular complexity index is 225. The molecule has 0 bridgehead atoms. The lowest BCUT2D eigenvalue weighted by Crippen LogP contribution is -2.42. The van der Waals surface area contributed by atoms with E-state index >= 15 is 0 Å². The molecule has 1 amide bonds. The van der Waals surface area contributed by atoms with E-state index in [-0.39, 0.29) is 5.91 Å². The van der Waals surface area contributed by atoms with E-state index < -0.39 is 0 Å². The zero-order chi connectivity index (χ0) is 12.7. The molecule has 4 nitrogen and oxygen atoms in total. The van der Waals surface area contributed by atoms with Gasteiger partial charge in [0.25, 0.3) is 0 Å². The average Bonchev–Trinajstić information content (AvgIpc) is 2.36. The predicted molar refractivity (Wildman–Crippen MR) is 70.8 cm³/mol. The summed E-state index contributed by atoms with van der Waals surface area (Å²) in [4.78, 5) is 16.0. The van der Waals surface area contributed by atoms with Crippen molar-refractivity contribution in [2.24, 2.45) is 11.7 Å². The van der Waals surface area contributed by atoms with Gasteiger partial charge in [-0.2, -0.15) is 0 Å². The van der Waals surface area contributed by atoms with Crippen molar-refractivity contribution in [3.63, 3.8) is 0 Å². The quantitative estimate of drug-likeness (QED) is 0.752. The van der Waals surface area contributed by atoms with Gasteiger partial charge in [-0.25, -0.2) is 0 Å². The molecular weight excluding hydrogens is 214 g/mol. The van der Waals surface area contributed by atoms with E-state index in [1.807, 2.05) is 7.05 Å². The molecule has 2 N–H and O–H groups in total. The number of piperidine rings is 1. The third-order valence-corrected chi connectivity index (χ3v) is 3.77. The molecule has 0 unspecified atom stereocenters. The van der Waals surface area contributed by atoms with Crippen molar-refractivity contribution in [3.8, 4) is 0 Å². The van der Waals surface area contributed by atoms with Crippen LogP contribution in [0.1, 0.15) is 32.6 Å². The minimum absolute atomic E-state index is 0.230. The van der Waals surface area contributed by atoms with Gasteiger partial charge in [0.15, 0.2) is 0 Å². The number of nitrogens with two attached hydrogens (primary N) is 1. The summed E-state index contributed by atoms with van der Waals surface area (Å²) in [6.45, 7) is 6.42. The number of likely N-dealkylation sites (N-methyl/N-ethyl adjacent to an activating group) is 1. The highest BCUT2D eigenvalue weighted by Crippen LogP contribution is 2.19. The highest BCUT2D eigenvalue weighted by molar-refractivity contribution is 5.77. The number of hydrogen-bond donors (Lipinski definition) is 1. The first-order valence-corrected chi connectivity index (χ1v) is 6.83. The summed E-state index contributed by atoms with van der Waals surface area (Å²) in [5.41, 5.74) is 5.44. The summed E-state index contributed by atoms with van der Waals surface area (Å²) in [5, 5.41) is 0. The number of carbonyl (C=O) groups excluding carboxylic acids is 1. The number of rotatable bonds is 6. The lowest BCUT2D eigenvalue weighted by atomic mass is 9.94. The SMILES string of the molecule is CCC1CCN(CC(=O)N(C)CCCN)CC1. The van der Waals surface area contributed by atoms with Crippen LogP contribution in [0, 0.1) is 5.92 Å². The molecule has 0 aliphatic carbocycles. The standard InChI is InChI=1S/C13H27N3O/c1-3-12-5-9-16(10-6-12)11-13(17)15(2)8-4-7-14/h12H,3-11,14H2,1-2H3. The topological polar surface area (TPSA) is 49.6 Å². The maximum absolute atomic E-state index is 11.9. The van der Waals surface area contributed by atoms with E-state index in [1.54, 1.807) is 4.90 Å². The van der Waals surface area contributed by atoms with Crippen molar-refractivity contribution >= 4 is 5.91 Å². The van der Waals surface area contributed by atoms with Crippen molar-refractivity contribution in [1.29, 1.82) is 0 Å². The average molecular weight is 241 g/mol. The Morgan fingerprint density at radius 3 is 2.59 bits per heavy atom. The fourth-order valence-electron chi connectivity index (χ4n) is 2.32. The Balaban J connectivity index is 2.22. The molecule has 0 spiro atoms. The van der Waals surface area contributed by atoms with Crippen molar-refractivity contribution in [2.75, 3.05) is 39.8 Å². The van der Waals surface area contributed by atoms with Crippen LogP contribution in [0.2, 0.25) is 0 Å². The second kappa shape index (κ2) is 7.67. The maximum atomic E-state index is 11.9. The van der Waals surface area contributed by atoms with Crippen molar-refractivity contribution in [1.82, 2.24) is 9.80 Å². The van der Waals surface area contributed by atoms with Crippen molar-refractivity contribution in [2.45, 2.75) is 32.6 Å². The molecule has 0 aromatic carbocycles. The molecular formula is C13H27N3O. The van der Waals surface area contributed by atoms with Crippen LogP contribution < -0.4 is 5.73 Å². The van der Waals surface area contributed by atoms with E-state index in [2.05, 4.69) is 11.8 Å². The van der Waals surface area contributed by atoms with Crippen LogP contribution in [0.4, 0.5) is 0 Å². The molecule has 0 atom stereocenters. The highest BCUT2D eigenvalue weighted by atomic mass is 16.2. The monoisotopic (exact) mass is 241 g/mol. The molecule has 0 aromatic rings. The van der Waals surface area contributed by atoms with Gasteiger partial charge in [-0.3, -0.25) is 9.69 Å². The number of likely N-dealkylation sites (tertiary alicyclic amines) is 1. The van der Waals surface area contributed by atoms with Gasteiger partial charge in [-0.1, -0.05) is 13.3 Å². The third-order valence-electron chi connectivity index (χ3n) is 3.77. The maximum Gasteiger partial charge on any atom is 0.236 e. The molecule has 1 fully saturated rings. The first-order valence-electron chi connectivity index (χ1n) is 6.83. The van der Waals surface area contributed by atoms with Crippen molar-refractivity contribution < 1.29 is 4.79 Å². The number of carbonyl (C=O) groups is 1. The lowest BCUT2D eigenvalue weighted by molar-refractivity contribution is -0.131. The molecule has 0 aromatic heterocycles. The normalized spacial score (nSPS) is 18.3. The minimum Gasteiger partial charge on any atom is -0.345 e. The van der Waals surface area contributed by atoms with E-state index in [4.69, 9.17) is 5.73 Å². The molecule has 1 saturated heterocycles. The Kier molecular flexibility index (Phi) is 6.52. The van der Waals surface area contributed by atoms with E-state index in [9.17, 15) is 4.79 Å². The van der Waals surface area contributed by atoms with E-state index in [0.29, 0.717) is 13.1 Å². The Labute approximate surface area is 105 Å². The molecule has 1 heterocycles. The van der Waals surface area contributed by atoms with Gasteiger partial charge in [-0.05, 0) is 44.8 Å². The van der Waals surface area contributed by atoms with E-state index in [0.717, 1.165) is 32.0 Å². The van der Waals surface area contributed by atoms with Crippen LogP contribution in [-0.2, 0) is 4.79 Å². The van der Waals surface area contributed by atoms with Gasteiger partial charge in [0, 0.05) is 13.6 Å². The van der Waals surface area contributed by atoms with Crippen LogP contribution in [0.15, 0.2) is 0 Å². The Hall–Kier alpha value is -0.610. The van der Waals surface area contributed by atoms with Gasteiger partial charge in [0.1, 0.15) is 0 Å². The van der Waals surface area contributed by atoms with Gasteiger partial charge >= 0.3 is 0 Å². The van der Waals surface area contributed by atoms with Crippen LogP contribution in [-0.4, -0.2) is 55.5 Å². The zero-order valence-electron chi connectivity index (χ0n) is 11.3. The summed E-state index contributed by atoms with van der Waals surface area (Å²) in [6, 6.07) is 0. The first-order chi connectivity index (χ1) is 8.17. The lowest BCUT2D eigenvalue weighted by Gasteiger charge is -2.32. The number of nitrogens with zero attached hydrogens (tertiary/aromatic N) is 2. The summed E-state index contributed by atoms with van der Waals surface area (Å²) in [6.07, 6.45) is 4.66. The van der Waals surface area contributed by atoms with Crippen LogP contribution in [0.3, 0.4) is 0 Å². The molecule has 0 saturated carbocycles. The smallest absolute Gasteiger partial charge is 0.236 e. The van der Waals surface area contributed by atoms with Crippen LogP contribution >= 0.6 is 0 Å². The number of amides is 1. The molecule has 0 radical (unpaired) electrons. The second-order valence-electron chi connectivity index (χ2n) is 5.09.